The van der Waals surface area contributed by atoms with Gasteiger partial charge in [0.1, 0.15) is 5.54 Å². The van der Waals surface area contributed by atoms with E-state index < -0.39 is 5.54 Å². The summed E-state index contributed by atoms with van der Waals surface area (Å²) in [5.74, 6) is 0.133. The van der Waals surface area contributed by atoms with Crippen LogP contribution in [0.4, 0.5) is 0 Å². The van der Waals surface area contributed by atoms with E-state index in [9.17, 15) is 5.26 Å². The van der Waals surface area contributed by atoms with Gasteiger partial charge in [-0.1, -0.05) is 37.3 Å². The van der Waals surface area contributed by atoms with Gasteiger partial charge in [-0.05, 0) is 19.0 Å². The summed E-state index contributed by atoms with van der Waals surface area (Å²) >= 11 is 0. The van der Waals surface area contributed by atoms with E-state index in [0.29, 0.717) is 0 Å². The Labute approximate surface area is 103 Å². The van der Waals surface area contributed by atoms with Crippen molar-refractivity contribution in [1.29, 1.82) is 5.26 Å². The summed E-state index contributed by atoms with van der Waals surface area (Å²) in [6.07, 6.45) is 0.741. The van der Waals surface area contributed by atoms with Gasteiger partial charge in [0.25, 0.3) is 0 Å². The van der Waals surface area contributed by atoms with Crippen molar-refractivity contribution in [3.05, 3.63) is 35.9 Å². The monoisotopic (exact) mass is 229 g/mol. The normalized spacial score (nSPS) is 34.2. The molecule has 0 saturated carbocycles. The molecule has 0 bridgehead atoms. The smallest absolute Gasteiger partial charge is 0.109 e. The molecule has 17 heavy (non-hydrogen) atoms. The first-order chi connectivity index (χ1) is 8.08. The quantitative estimate of drug-likeness (QED) is 0.800. The molecule has 1 aromatic rings. The summed E-state index contributed by atoms with van der Waals surface area (Å²) in [5.41, 5.74) is 6.75. The fourth-order valence-corrected chi connectivity index (χ4v) is 2.74. The lowest BCUT2D eigenvalue weighted by atomic mass is 9.74. The number of hydrogen-bond acceptors (Lipinski definition) is 3. The average molecular weight is 229 g/mol. The van der Waals surface area contributed by atoms with Crippen LogP contribution >= 0.6 is 0 Å². The van der Waals surface area contributed by atoms with Crippen LogP contribution in [0.2, 0.25) is 0 Å². The third-order valence-corrected chi connectivity index (χ3v) is 3.99. The number of piperidine rings is 1. The van der Waals surface area contributed by atoms with E-state index in [-0.39, 0.29) is 12.0 Å². The molecule has 2 N–H and O–H groups in total. The highest BCUT2D eigenvalue weighted by atomic mass is 15.2. The lowest BCUT2D eigenvalue weighted by Crippen LogP contribution is -2.55. The van der Waals surface area contributed by atoms with Crippen LogP contribution in [0.5, 0.6) is 0 Å². The van der Waals surface area contributed by atoms with Gasteiger partial charge in [-0.25, -0.2) is 0 Å². The van der Waals surface area contributed by atoms with Gasteiger partial charge < -0.3 is 5.73 Å². The van der Waals surface area contributed by atoms with Crippen molar-refractivity contribution < 1.29 is 0 Å². The largest absolute Gasteiger partial charge is 0.313 e. The van der Waals surface area contributed by atoms with E-state index >= 15 is 0 Å². The second kappa shape index (κ2) is 4.48. The molecule has 0 aliphatic carbocycles. The van der Waals surface area contributed by atoms with Crippen LogP contribution in [-0.4, -0.2) is 24.0 Å². The van der Waals surface area contributed by atoms with Gasteiger partial charge in [0.2, 0.25) is 0 Å². The Morgan fingerprint density at radius 3 is 2.65 bits per heavy atom. The number of nitriles is 1. The molecule has 90 valence electrons. The van der Waals surface area contributed by atoms with Crippen molar-refractivity contribution in [2.45, 2.75) is 24.9 Å². The van der Waals surface area contributed by atoms with Crippen LogP contribution < -0.4 is 5.73 Å². The Balaban J connectivity index is 2.35. The number of rotatable bonds is 1. The van der Waals surface area contributed by atoms with Gasteiger partial charge in [-0.3, -0.25) is 4.90 Å². The van der Waals surface area contributed by atoms with Gasteiger partial charge in [0.05, 0.1) is 6.07 Å². The topological polar surface area (TPSA) is 53.0 Å². The van der Waals surface area contributed by atoms with Crippen molar-refractivity contribution in [1.82, 2.24) is 4.90 Å². The first-order valence-electron chi connectivity index (χ1n) is 6.04. The molecular formula is C14H19N3. The molecule has 3 heteroatoms. The molecule has 0 amide bonds. The molecule has 3 unspecified atom stereocenters. The van der Waals surface area contributed by atoms with E-state index in [4.69, 9.17) is 5.73 Å². The summed E-state index contributed by atoms with van der Waals surface area (Å²) in [4.78, 5) is 2.29. The zero-order valence-electron chi connectivity index (χ0n) is 10.4. The Hall–Kier alpha value is -1.37. The van der Waals surface area contributed by atoms with E-state index in [0.717, 1.165) is 13.0 Å². The van der Waals surface area contributed by atoms with Crippen LogP contribution in [0.3, 0.4) is 0 Å². The Bertz CT molecular complexity index is 423. The minimum absolute atomic E-state index is 0.133. The van der Waals surface area contributed by atoms with E-state index in [1.807, 2.05) is 18.2 Å². The summed E-state index contributed by atoms with van der Waals surface area (Å²) in [7, 11) is 2.10. The van der Waals surface area contributed by atoms with E-state index in [1.54, 1.807) is 0 Å². The second-order valence-electron chi connectivity index (χ2n) is 5.03. The maximum absolute atomic E-state index is 9.28. The highest BCUT2D eigenvalue weighted by Crippen LogP contribution is 2.39. The molecule has 0 aromatic heterocycles. The van der Waals surface area contributed by atoms with Gasteiger partial charge in [0, 0.05) is 18.5 Å². The fourth-order valence-electron chi connectivity index (χ4n) is 2.74. The maximum Gasteiger partial charge on any atom is 0.109 e. The zero-order valence-corrected chi connectivity index (χ0v) is 10.4. The number of likely N-dealkylation sites (tertiary alicyclic amines) is 1. The van der Waals surface area contributed by atoms with Gasteiger partial charge >= 0.3 is 0 Å². The zero-order chi connectivity index (χ0) is 12.5. The molecule has 1 heterocycles. The van der Waals surface area contributed by atoms with Crippen molar-refractivity contribution in [3.8, 4) is 6.07 Å². The van der Waals surface area contributed by atoms with Crippen LogP contribution in [0, 0.1) is 17.2 Å². The van der Waals surface area contributed by atoms with Crippen molar-refractivity contribution in [2.24, 2.45) is 11.7 Å². The van der Waals surface area contributed by atoms with Crippen molar-refractivity contribution in [3.63, 3.8) is 0 Å². The average Bonchev–Trinajstić information content (AvgIpc) is 2.36. The van der Waals surface area contributed by atoms with Crippen LogP contribution in [0.25, 0.3) is 0 Å². The third-order valence-electron chi connectivity index (χ3n) is 3.99. The lowest BCUT2D eigenvalue weighted by molar-refractivity contribution is 0.0845. The second-order valence-corrected chi connectivity index (χ2v) is 5.03. The molecule has 1 aromatic carbocycles. The van der Waals surface area contributed by atoms with E-state index in [2.05, 4.69) is 37.1 Å². The van der Waals surface area contributed by atoms with E-state index in [1.165, 1.54) is 5.56 Å². The minimum atomic E-state index is -0.701. The minimum Gasteiger partial charge on any atom is -0.313 e. The molecule has 3 nitrogen and oxygen atoms in total. The van der Waals surface area contributed by atoms with Gasteiger partial charge in [0.15, 0.2) is 0 Å². The molecular weight excluding hydrogens is 210 g/mol. The molecule has 1 fully saturated rings. The molecule has 1 saturated heterocycles. The van der Waals surface area contributed by atoms with Crippen LogP contribution in [0.15, 0.2) is 30.3 Å². The Kier molecular flexibility index (Phi) is 3.19. The van der Waals surface area contributed by atoms with Gasteiger partial charge in [-0.15, -0.1) is 0 Å². The molecule has 3 atom stereocenters. The fraction of sp³-hybridized carbons (Fsp3) is 0.500. The predicted molar refractivity (Wildman–Crippen MR) is 68.1 cm³/mol. The standard InChI is InChI=1S/C14H19N3/c1-11-13(12-6-4-3-5-7-12)17(2)9-8-14(11,16)10-15/h3-7,11,13H,8-9,16H2,1-2H3. The third kappa shape index (κ3) is 2.06. The summed E-state index contributed by atoms with van der Waals surface area (Å²) in [6.45, 7) is 2.95. The lowest BCUT2D eigenvalue weighted by Gasteiger charge is -2.45. The molecule has 0 radical (unpaired) electrons. The van der Waals surface area contributed by atoms with Crippen LogP contribution in [-0.2, 0) is 0 Å². The van der Waals surface area contributed by atoms with Gasteiger partial charge in [-0.2, -0.15) is 5.26 Å². The number of nitrogens with two attached hydrogens (primary N) is 1. The first kappa shape index (κ1) is 12.1. The van der Waals surface area contributed by atoms with Crippen LogP contribution in [0.1, 0.15) is 24.9 Å². The SMILES string of the molecule is CC1C(c2ccccc2)N(C)CCC1(N)C#N. The molecule has 1 aliphatic heterocycles. The summed E-state index contributed by atoms with van der Waals surface area (Å²) in [5, 5.41) is 9.28. The van der Waals surface area contributed by atoms with Crippen molar-refractivity contribution in [2.75, 3.05) is 13.6 Å². The maximum atomic E-state index is 9.28. The Morgan fingerprint density at radius 2 is 2.06 bits per heavy atom. The number of nitrogens with zero attached hydrogens (tertiary/aromatic N) is 2. The molecule has 2 rings (SSSR count). The molecule has 0 spiro atoms. The highest BCUT2D eigenvalue weighted by Gasteiger charge is 2.43. The molecule has 1 aliphatic rings. The Morgan fingerprint density at radius 1 is 1.41 bits per heavy atom. The highest BCUT2D eigenvalue weighted by molar-refractivity contribution is 5.24. The number of benzene rings is 1. The first-order valence-corrected chi connectivity index (χ1v) is 6.04. The van der Waals surface area contributed by atoms with Crippen molar-refractivity contribution >= 4 is 0 Å². The summed E-state index contributed by atoms with van der Waals surface area (Å²) < 4.78 is 0. The summed E-state index contributed by atoms with van der Waals surface area (Å²) in [6, 6.07) is 12.8. The number of hydrogen-bond donors (Lipinski definition) is 1. The predicted octanol–water partition coefficient (Wildman–Crippen LogP) is 1.92.